The molecule has 0 spiro atoms. The summed E-state index contributed by atoms with van der Waals surface area (Å²) < 4.78 is 19.3. The fraction of sp³-hybridized carbons (Fsp3) is 0.364. The smallest absolute Gasteiger partial charge is 0.337 e. The standard InChI is InChI=1S/C22H26FN3O3/c1-16-4-8-19(9-5-16)26(22(28)25-12-10-24(2)11-13-25)15-18-7-6-17(14-20(18)23)21(27)29-3/h4-9,14H,10-13,15H2,1-3H3. The van der Waals surface area contributed by atoms with Gasteiger partial charge in [-0.2, -0.15) is 0 Å². The molecular weight excluding hydrogens is 373 g/mol. The van der Waals surface area contributed by atoms with E-state index in [1.54, 1.807) is 9.80 Å². The molecule has 0 saturated carbocycles. The van der Waals surface area contributed by atoms with Crippen molar-refractivity contribution in [1.29, 1.82) is 0 Å². The zero-order valence-electron chi connectivity index (χ0n) is 17.0. The zero-order chi connectivity index (χ0) is 21.0. The van der Waals surface area contributed by atoms with Gasteiger partial charge < -0.3 is 14.5 Å². The van der Waals surface area contributed by atoms with Crippen molar-refractivity contribution in [1.82, 2.24) is 9.80 Å². The summed E-state index contributed by atoms with van der Waals surface area (Å²) in [5.74, 6) is -1.14. The minimum absolute atomic E-state index is 0.0710. The lowest BCUT2D eigenvalue weighted by Crippen LogP contribution is -2.52. The van der Waals surface area contributed by atoms with Crippen LogP contribution in [-0.2, 0) is 11.3 Å². The summed E-state index contributed by atoms with van der Waals surface area (Å²) in [5, 5.41) is 0. The second kappa shape index (κ2) is 9.05. The first-order valence-electron chi connectivity index (χ1n) is 9.57. The Labute approximate surface area is 170 Å². The predicted octanol–water partition coefficient (Wildman–Crippen LogP) is 3.29. The topological polar surface area (TPSA) is 53.1 Å². The summed E-state index contributed by atoms with van der Waals surface area (Å²) in [5.41, 5.74) is 2.26. The molecule has 1 aliphatic heterocycles. The maximum Gasteiger partial charge on any atom is 0.337 e. The summed E-state index contributed by atoms with van der Waals surface area (Å²) in [6, 6.07) is 11.6. The molecule has 1 heterocycles. The second-order valence-electron chi connectivity index (χ2n) is 7.29. The van der Waals surface area contributed by atoms with E-state index in [1.165, 1.54) is 19.2 Å². The normalized spacial score (nSPS) is 14.6. The Morgan fingerprint density at radius 3 is 2.31 bits per heavy atom. The molecule has 0 aliphatic carbocycles. The highest BCUT2D eigenvalue weighted by molar-refractivity contribution is 5.92. The van der Waals surface area contributed by atoms with Gasteiger partial charge >= 0.3 is 12.0 Å². The molecule has 2 aromatic rings. The number of likely N-dealkylation sites (N-methyl/N-ethyl adjacent to an activating group) is 1. The number of carbonyl (C=O) groups excluding carboxylic acids is 2. The molecule has 0 N–H and O–H groups in total. The maximum absolute atomic E-state index is 14.7. The number of hydrogen-bond acceptors (Lipinski definition) is 4. The molecule has 3 rings (SSSR count). The number of rotatable bonds is 4. The van der Waals surface area contributed by atoms with Gasteiger partial charge in [0.25, 0.3) is 0 Å². The quantitative estimate of drug-likeness (QED) is 0.741. The van der Waals surface area contributed by atoms with Gasteiger partial charge in [0.15, 0.2) is 0 Å². The molecule has 7 heteroatoms. The maximum atomic E-state index is 14.7. The Hall–Kier alpha value is -2.93. The molecule has 29 heavy (non-hydrogen) atoms. The van der Waals surface area contributed by atoms with E-state index in [2.05, 4.69) is 9.64 Å². The highest BCUT2D eigenvalue weighted by atomic mass is 19.1. The van der Waals surface area contributed by atoms with Crippen LogP contribution >= 0.6 is 0 Å². The van der Waals surface area contributed by atoms with Gasteiger partial charge in [-0.05, 0) is 38.2 Å². The van der Waals surface area contributed by atoms with Crippen LogP contribution < -0.4 is 4.90 Å². The third-order valence-corrected chi connectivity index (χ3v) is 5.15. The van der Waals surface area contributed by atoms with Crippen LogP contribution in [0.4, 0.5) is 14.9 Å². The minimum atomic E-state index is -0.598. The number of carbonyl (C=O) groups is 2. The van der Waals surface area contributed by atoms with E-state index in [0.717, 1.165) is 24.7 Å². The van der Waals surface area contributed by atoms with Gasteiger partial charge in [-0.3, -0.25) is 4.90 Å². The van der Waals surface area contributed by atoms with E-state index >= 15 is 0 Å². The van der Waals surface area contributed by atoms with Crippen molar-refractivity contribution >= 4 is 17.7 Å². The number of piperazine rings is 1. The van der Waals surface area contributed by atoms with Crippen LogP contribution in [0.5, 0.6) is 0 Å². The number of urea groups is 1. The van der Waals surface area contributed by atoms with Gasteiger partial charge in [-0.15, -0.1) is 0 Å². The van der Waals surface area contributed by atoms with Crippen molar-refractivity contribution in [3.63, 3.8) is 0 Å². The SMILES string of the molecule is COC(=O)c1ccc(CN(C(=O)N2CCN(C)CC2)c2ccc(C)cc2)c(F)c1. The van der Waals surface area contributed by atoms with Crippen LogP contribution in [0.15, 0.2) is 42.5 Å². The van der Waals surface area contributed by atoms with Crippen LogP contribution in [0.1, 0.15) is 21.5 Å². The molecule has 1 aliphatic rings. The second-order valence-corrected chi connectivity index (χ2v) is 7.29. The van der Waals surface area contributed by atoms with Gasteiger partial charge in [0.2, 0.25) is 0 Å². The van der Waals surface area contributed by atoms with E-state index in [-0.39, 0.29) is 18.1 Å². The first-order valence-corrected chi connectivity index (χ1v) is 9.57. The number of anilines is 1. The number of nitrogens with zero attached hydrogens (tertiary/aromatic N) is 3. The summed E-state index contributed by atoms with van der Waals surface area (Å²) in [7, 11) is 3.28. The van der Waals surface area contributed by atoms with Gasteiger partial charge in [-0.25, -0.2) is 14.0 Å². The highest BCUT2D eigenvalue weighted by Crippen LogP contribution is 2.22. The number of esters is 1. The van der Waals surface area contributed by atoms with Crippen molar-refractivity contribution in [2.24, 2.45) is 0 Å². The van der Waals surface area contributed by atoms with Gasteiger partial charge in [-0.1, -0.05) is 23.8 Å². The number of hydrogen-bond donors (Lipinski definition) is 0. The van der Waals surface area contributed by atoms with Gasteiger partial charge in [0, 0.05) is 37.4 Å². The Morgan fingerprint density at radius 2 is 1.72 bits per heavy atom. The Bertz CT molecular complexity index is 877. The van der Waals surface area contributed by atoms with Crippen molar-refractivity contribution in [2.45, 2.75) is 13.5 Å². The Morgan fingerprint density at radius 1 is 1.07 bits per heavy atom. The lowest BCUT2D eigenvalue weighted by Gasteiger charge is -2.36. The molecule has 6 nitrogen and oxygen atoms in total. The van der Waals surface area contributed by atoms with Crippen molar-refractivity contribution < 1.29 is 18.7 Å². The minimum Gasteiger partial charge on any atom is -0.465 e. The molecule has 0 unspecified atom stereocenters. The fourth-order valence-electron chi connectivity index (χ4n) is 3.25. The van der Waals surface area contributed by atoms with Crippen LogP contribution in [0.2, 0.25) is 0 Å². The predicted molar refractivity (Wildman–Crippen MR) is 110 cm³/mol. The molecule has 2 amide bonds. The number of methoxy groups -OCH3 is 1. The molecule has 0 aromatic heterocycles. The molecule has 1 saturated heterocycles. The molecule has 154 valence electrons. The summed E-state index contributed by atoms with van der Waals surface area (Å²) in [6.07, 6.45) is 0. The van der Waals surface area contributed by atoms with E-state index in [4.69, 9.17) is 0 Å². The first-order chi connectivity index (χ1) is 13.9. The van der Waals surface area contributed by atoms with E-state index < -0.39 is 11.8 Å². The van der Waals surface area contributed by atoms with Gasteiger partial charge in [0.05, 0.1) is 19.2 Å². The number of benzene rings is 2. The summed E-state index contributed by atoms with van der Waals surface area (Å²) in [4.78, 5) is 30.4. The van der Waals surface area contributed by atoms with Crippen LogP contribution in [-0.4, -0.2) is 62.1 Å². The summed E-state index contributed by atoms with van der Waals surface area (Å²) in [6.45, 7) is 4.90. The lowest BCUT2D eigenvalue weighted by atomic mass is 10.1. The molecule has 0 bridgehead atoms. The Balaban J connectivity index is 1.88. The van der Waals surface area contributed by atoms with Crippen LogP contribution in [0.3, 0.4) is 0 Å². The molecular formula is C22H26FN3O3. The van der Waals surface area contributed by atoms with Gasteiger partial charge in [0.1, 0.15) is 5.82 Å². The third kappa shape index (κ3) is 4.92. The molecule has 0 atom stereocenters. The van der Waals surface area contributed by atoms with Crippen LogP contribution in [0.25, 0.3) is 0 Å². The number of aryl methyl sites for hydroxylation is 1. The monoisotopic (exact) mass is 399 g/mol. The molecule has 0 radical (unpaired) electrons. The zero-order valence-corrected chi connectivity index (χ0v) is 17.0. The number of ether oxygens (including phenoxy) is 1. The number of halogens is 1. The lowest BCUT2D eigenvalue weighted by molar-refractivity contribution is 0.0600. The largest absolute Gasteiger partial charge is 0.465 e. The van der Waals surface area contributed by atoms with E-state index in [1.807, 2.05) is 38.2 Å². The average molecular weight is 399 g/mol. The van der Waals surface area contributed by atoms with E-state index in [0.29, 0.717) is 24.3 Å². The molecule has 2 aromatic carbocycles. The number of amides is 2. The highest BCUT2D eigenvalue weighted by Gasteiger charge is 2.26. The van der Waals surface area contributed by atoms with E-state index in [9.17, 15) is 14.0 Å². The van der Waals surface area contributed by atoms with Crippen molar-refractivity contribution in [3.05, 3.63) is 65.0 Å². The van der Waals surface area contributed by atoms with Crippen LogP contribution in [0, 0.1) is 12.7 Å². The summed E-state index contributed by atoms with van der Waals surface area (Å²) >= 11 is 0. The first kappa shape index (κ1) is 20.8. The molecule has 1 fully saturated rings. The van der Waals surface area contributed by atoms with Crippen molar-refractivity contribution in [2.75, 3.05) is 45.2 Å². The average Bonchev–Trinajstić information content (AvgIpc) is 2.73. The van der Waals surface area contributed by atoms with Crippen molar-refractivity contribution in [3.8, 4) is 0 Å². The Kier molecular flexibility index (Phi) is 6.49. The third-order valence-electron chi connectivity index (χ3n) is 5.15. The fourth-order valence-corrected chi connectivity index (χ4v) is 3.25.